The smallest absolute Gasteiger partial charge is 0.208 e. The number of aryl methyl sites for hydroxylation is 1. The fourth-order valence-electron chi connectivity index (χ4n) is 1.14. The van der Waals surface area contributed by atoms with Crippen LogP contribution in [0.2, 0.25) is 0 Å². The molecule has 2 heterocycles. The summed E-state index contributed by atoms with van der Waals surface area (Å²) >= 11 is 1.61. The van der Waals surface area contributed by atoms with Crippen molar-refractivity contribution >= 4 is 11.3 Å². The Balaban J connectivity index is 2.24. The summed E-state index contributed by atoms with van der Waals surface area (Å²) in [5.74, 6) is 1.42. The number of hydrogen-bond acceptors (Lipinski definition) is 5. The van der Waals surface area contributed by atoms with Gasteiger partial charge in [0, 0.05) is 5.38 Å². The first-order valence-electron chi connectivity index (χ1n) is 4.31. The van der Waals surface area contributed by atoms with Crippen LogP contribution >= 0.6 is 11.3 Å². The zero-order valence-electron chi connectivity index (χ0n) is 8.07. The van der Waals surface area contributed by atoms with Gasteiger partial charge in [0.05, 0.1) is 17.7 Å². The number of oxazole rings is 1. The summed E-state index contributed by atoms with van der Waals surface area (Å²) in [6.07, 6.45) is 1.71. The van der Waals surface area contributed by atoms with Crippen molar-refractivity contribution in [2.45, 2.75) is 13.5 Å². The molecule has 0 saturated carbocycles. The molecular weight excluding hydrogens is 198 g/mol. The lowest BCUT2D eigenvalue weighted by Gasteiger charge is -1.90. The molecule has 0 aliphatic rings. The number of hydrogen-bond donors (Lipinski definition) is 1. The van der Waals surface area contributed by atoms with Crippen LogP contribution in [0.3, 0.4) is 0 Å². The molecule has 0 amide bonds. The van der Waals surface area contributed by atoms with Crippen molar-refractivity contribution < 1.29 is 4.42 Å². The molecule has 0 unspecified atom stereocenters. The Kier molecular flexibility index (Phi) is 2.60. The molecule has 2 aromatic heterocycles. The number of nitrogens with one attached hydrogen (secondary N) is 1. The van der Waals surface area contributed by atoms with Gasteiger partial charge in [-0.3, -0.25) is 0 Å². The maximum absolute atomic E-state index is 5.49. The molecule has 0 aliphatic heterocycles. The van der Waals surface area contributed by atoms with Gasteiger partial charge in [-0.25, -0.2) is 9.97 Å². The van der Waals surface area contributed by atoms with Crippen LogP contribution in [-0.4, -0.2) is 17.0 Å². The van der Waals surface area contributed by atoms with Crippen LogP contribution in [0.25, 0.3) is 11.5 Å². The predicted molar refractivity (Wildman–Crippen MR) is 55.1 cm³/mol. The Morgan fingerprint density at radius 3 is 3.07 bits per heavy atom. The van der Waals surface area contributed by atoms with Gasteiger partial charge in [-0.2, -0.15) is 0 Å². The van der Waals surface area contributed by atoms with Gasteiger partial charge in [-0.15, -0.1) is 11.3 Å². The molecule has 0 aromatic carbocycles. The molecule has 0 spiro atoms. The van der Waals surface area contributed by atoms with Crippen molar-refractivity contribution in [1.29, 1.82) is 0 Å². The van der Waals surface area contributed by atoms with E-state index in [0.29, 0.717) is 12.4 Å². The van der Waals surface area contributed by atoms with E-state index in [2.05, 4.69) is 15.3 Å². The van der Waals surface area contributed by atoms with Crippen molar-refractivity contribution in [2.75, 3.05) is 7.05 Å². The number of aromatic nitrogens is 2. The molecule has 2 aromatic rings. The fourth-order valence-corrected chi connectivity index (χ4v) is 1.74. The minimum atomic E-state index is 0.642. The SMILES string of the molecule is CNCc1ncc(-c2csc(C)n2)o1. The van der Waals surface area contributed by atoms with Gasteiger partial charge >= 0.3 is 0 Å². The zero-order chi connectivity index (χ0) is 9.97. The summed E-state index contributed by atoms with van der Waals surface area (Å²) < 4.78 is 5.49. The monoisotopic (exact) mass is 209 g/mol. The lowest BCUT2D eigenvalue weighted by molar-refractivity contribution is 0.490. The first-order chi connectivity index (χ1) is 6.79. The quantitative estimate of drug-likeness (QED) is 0.837. The van der Waals surface area contributed by atoms with Crippen LogP contribution in [0.4, 0.5) is 0 Å². The second-order valence-corrected chi connectivity index (χ2v) is 3.96. The van der Waals surface area contributed by atoms with E-state index < -0.39 is 0 Å². The van der Waals surface area contributed by atoms with E-state index in [-0.39, 0.29) is 0 Å². The fraction of sp³-hybridized carbons (Fsp3) is 0.333. The summed E-state index contributed by atoms with van der Waals surface area (Å²) in [4.78, 5) is 8.45. The van der Waals surface area contributed by atoms with Gasteiger partial charge in [-0.1, -0.05) is 0 Å². The van der Waals surface area contributed by atoms with Crippen molar-refractivity contribution in [3.63, 3.8) is 0 Å². The molecule has 0 atom stereocenters. The predicted octanol–water partition coefficient (Wildman–Crippen LogP) is 1.83. The van der Waals surface area contributed by atoms with Gasteiger partial charge in [0.25, 0.3) is 0 Å². The number of rotatable bonds is 3. The third kappa shape index (κ3) is 1.83. The van der Waals surface area contributed by atoms with Gasteiger partial charge in [0.15, 0.2) is 5.76 Å². The molecule has 5 heteroatoms. The molecule has 1 N–H and O–H groups in total. The molecule has 4 nitrogen and oxygen atoms in total. The molecule has 0 fully saturated rings. The molecule has 0 radical (unpaired) electrons. The van der Waals surface area contributed by atoms with Crippen LogP contribution in [0.1, 0.15) is 10.9 Å². The molecule has 2 rings (SSSR count). The van der Waals surface area contributed by atoms with Gasteiger partial charge in [0.1, 0.15) is 5.69 Å². The summed E-state index contributed by atoms with van der Waals surface area (Å²) in [6, 6.07) is 0. The van der Waals surface area contributed by atoms with E-state index in [0.717, 1.165) is 16.5 Å². The van der Waals surface area contributed by atoms with E-state index >= 15 is 0 Å². The lowest BCUT2D eigenvalue weighted by Crippen LogP contribution is -2.04. The van der Waals surface area contributed by atoms with E-state index in [1.165, 1.54) is 0 Å². The minimum absolute atomic E-state index is 0.642. The van der Waals surface area contributed by atoms with Crippen molar-refractivity contribution in [3.05, 3.63) is 22.5 Å². The van der Waals surface area contributed by atoms with Crippen LogP contribution in [0.5, 0.6) is 0 Å². The van der Waals surface area contributed by atoms with E-state index in [1.807, 2.05) is 19.4 Å². The first kappa shape index (κ1) is 9.36. The number of thiazole rings is 1. The molecule has 14 heavy (non-hydrogen) atoms. The Hall–Kier alpha value is -1.20. The van der Waals surface area contributed by atoms with Gasteiger partial charge in [0.2, 0.25) is 5.89 Å². The van der Waals surface area contributed by atoms with Gasteiger partial charge in [-0.05, 0) is 14.0 Å². The summed E-state index contributed by atoms with van der Waals surface area (Å²) in [7, 11) is 1.86. The van der Waals surface area contributed by atoms with Crippen LogP contribution in [-0.2, 0) is 6.54 Å². The molecule has 74 valence electrons. The summed E-state index contributed by atoms with van der Waals surface area (Å²) in [5, 5.41) is 5.99. The second-order valence-electron chi connectivity index (χ2n) is 2.90. The van der Waals surface area contributed by atoms with Crippen molar-refractivity contribution in [3.8, 4) is 11.5 Å². The van der Waals surface area contributed by atoms with Crippen LogP contribution in [0.15, 0.2) is 16.0 Å². The topological polar surface area (TPSA) is 51.0 Å². The lowest BCUT2D eigenvalue weighted by atomic mass is 10.4. The maximum Gasteiger partial charge on any atom is 0.208 e. The molecule has 0 bridgehead atoms. The normalized spacial score (nSPS) is 10.7. The molecule has 0 aliphatic carbocycles. The highest BCUT2D eigenvalue weighted by molar-refractivity contribution is 7.09. The summed E-state index contributed by atoms with van der Waals surface area (Å²) in [5.41, 5.74) is 0.863. The summed E-state index contributed by atoms with van der Waals surface area (Å²) in [6.45, 7) is 2.61. The number of nitrogens with zero attached hydrogens (tertiary/aromatic N) is 2. The average Bonchev–Trinajstić information content (AvgIpc) is 2.74. The highest BCUT2D eigenvalue weighted by Crippen LogP contribution is 2.21. The Bertz CT molecular complexity index is 421. The Labute approximate surface area is 86.0 Å². The third-order valence-electron chi connectivity index (χ3n) is 1.75. The highest BCUT2D eigenvalue weighted by atomic mass is 32.1. The standard InChI is InChI=1S/C9H11N3OS/c1-6-12-7(5-14-6)8-3-11-9(13-8)4-10-2/h3,5,10H,4H2,1-2H3. The van der Waals surface area contributed by atoms with E-state index in [9.17, 15) is 0 Å². The largest absolute Gasteiger partial charge is 0.438 e. The highest BCUT2D eigenvalue weighted by Gasteiger charge is 2.08. The van der Waals surface area contributed by atoms with Crippen molar-refractivity contribution in [2.24, 2.45) is 0 Å². The second kappa shape index (κ2) is 3.89. The Morgan fingerprint density at radius 1 is 1.57 bits per heavy atom. The average molecular weight is 209 g/mol. The van der Waals surface area contributed by atoms with Gasteiger partial charge < -0.3 is 9.73 Å². The Morgan fingerprint density at radius 2 is 2.43 bits per heavy atom. The zero-order valence-corrected chi connectivity index (χ0v) is 8.89. The van der Waals surface area contributed by atoms with Crippen molar-refractivity contribution in [1.82, 2.24) is 15.3 Å². The first-order valence-corrected chi connectivity index (χ1v) is 5.19. The van der Waals surface area contributed by atoms with Crippen LogP contribution < -0.4 is 5.32 Å². The third-order valence-corrected chi connectivity index (χ3v) is 2.53. The van der Waals surface area contributed by atoms with E-state index in [4.69, 9.17) is 4.42 Å². The van der Waals surface area contributed by atoms with E-state index in [1.54, 1.807) is 17.5 Å². The molecule has 0 saturated heterocycles. The maximum atomic E-state index is 5.49. The minimum Gasteiger partial charge on any atom is -0.438 e. The molecular formula is C9H11N3OS. The van der Waals surface area contributed by atoms with Crippen LogP contribution in [0, 0.1) is 6.92 Å².